The summed E-state index contributed by atoms with van der Waals surface area (Å²) in [6, 6.07) is 13.0. The number of amides is 1. The van der Waals surface area contributed by atoms with Crippen molar-refractivity contribution in [2.45, 2.75) is 38.1 Å². The molecule has 1 amide bonds. The lowest BCUT2D eigenvalue weighted by atomic mass is 10.1. The van der Waals surface area contributed by atoms with Crippen LogP contribution >= 0.6 is 35.0 Å². The molecule has 0 saturated carbocycles. The van der Waals surface area contributed by atoms with Crippen molar-refractivity contribution in [1.29, 1.82) is 0 Å². The number of thioether (sulfide) groups is 1. The van der Waals surface area contributed by atoms with Gasteiger partial charge in [-0.05, 0) is 42.3 Å². The van der Waals surface area contributed by atoms with Crippen LogP contribution in [0.1, 0.15) is 24.7 Å². The summed E-state index contributed by atoms with van der Waals surface area (Å²) >= 11 is 13.3. The zero-order valence-electron chi connectivity index (χ0n) is 17.7. The van der Waals surface area contributed by atoms with E-state index in [1.165, 1.54) is 17.3 Å². The molecule has 32 heavy (non-hydrogen) atoms. The number of aromatic nitrogens is 3. The predicted octanol–water partition coefficient (Wildman–Crippen LogP) is 6.03. The highest BCUT2D eigenvalue weighted by Gasteiger charge is 2.15. The van der Waals surface area contributed by atoms with Crippen LogP contribution in [0.3, 0.4) is 0 Å². The molecule has 0 spiro atoms. The zero-order chi connectivity index (χ0) is 22.9. The number of aryl methyl sites for hydroxylation is 1. The van der Waals surface area contributed by atoms with Crippen molar-refractivity contribution in [2.24, 2.45) is 0 Å². The molecule has 9 heteroatoms. The Kier molecular flexibility index (Phi) is 9.02. The van der Waals surface area contributed by atoms with Gasteiger partial charge in [0.05, 0.1) is 16.5 Å². The first-order valence-corrected chi connectivity index (χ1v) is 11.9. The molecule has 1 N–H and O–H groups in total. The average molecular weight is 491 g/mol. The maximum absolute atomic E-state index is 12.4. The summed E-state index contributed by atoms with van der Waals surface area (Å²) in [6.45, 7) is 6.73. The van der Waals surface area contributed by atoms with E-state index in [1.54, 1.807) is 24.3 Å². The van der Waals surface area contributed by atoms with Crippen molar-refractivity contribution in [3.63, 3.8) is 0 Å². The Morgan fingerprint density at radius 1 is 1.22 bits per heavy atom. The Morgan fingerprint density at radius 3 is 2.69 bits per heavy atom. The number of anilines is 1. The minimum absolute atomic E-state index is 0.147. The summed E-state index contributed by atoms with van der Waals surface area (Å²) in [5.74, 6) is 1.36. The quantitative estimate of drug-likeness (QED) is 0.262. The Hall–Kier alpha value is -2.48. The lowest BCUT2D eigenvalue weighted by molar-refractivity contribution is -0.113. The van der Waals surface area contributed by atoms with E-state index < -0.39 is 0 Å². The number of halogens is 2. The van der Waals surface area contributed by atoms with Crippen molar-refractivity contribution < 1.29 is 9.53 Å². The number of hydrogen-bond donors (Lipinski definition) is 1. The van der Waals surface area contributed by atoms with Crippen LogP contribution in [0.15, 0.2) is 60.3 Å². The van der Waals surface area contributed by atoms with Gasteiger partial charge in [-0.2, -0.15) is 0 Å². The lowest BCUT2D eigenvalue weighted by Gasteiger charge is -2.10. The molecule has 0 aliphatic rings. The summed E-state index contributed by atoms with van der Waals surface area (Å²) in [6.07, 6.45) is 3.91. The van der Waals surface area contributed by atoms with Crippen LogP contribution in [-0.2, 0) is 24.4 Å². The molecular weight excluding hydrogens is 467 g/mol. The number of carbonyl (C=O) groups excluding carboxylic acids is 1. The highest BCUT2D eigenvalue weighted by Crippen LogP contribution is 2.26. The molecule has 3 aromatic rings. The SMILES string of the molecule is C=CCn1c(COc2ccc(CCC)cc2)nnc1SCC(=O)Nc1ccc(Cl)cc1Cl. The molecule has 0 radical (unpaired) electrons. The number of benzene rings is 2. The largest absolute Gasteiger partial charge is 0.486 e. The van der Waals surface area contributed by atoms with Crippen LogP contribution in [0.4, 0.5) is 5.69 Å². The molecule has 1 heterocycles. The van der Waals surface area contributed by atoms with Crippen LogP contribution in [0.2, 0.25) is 10.0 Å². The highest BCUT2D eigenvalue weighted by molar-refractivity contribution is 7.99. The minimum atomic E-state index is -0.211. The third-order valence-electron chi connectivity index (χ3n) is 4.47. The second-order valence-corrected chi connectivity index (χ2v) is 8.73. The van der Waals surface area contributed by atoms with Crippen LogP contribution in [-0.4, -0.2) is 26.4 Å². The number of ether oxygens (including phenoxy) is 1. The van der Waals surface area contributed by atoms with Gasteiger partial charge in [0.1, 0.15) is 12.4 Å². The predicted molar refractivity (Wildman–Crippen MR) is 131 cm³/mol. The summed E-state index contributed by atoms with van der Waals surface area (Å²) in [5.41, 5.74) is 1.79. The van der Waals surface area contributed by atoms with Gasteiger partial charge in [-0.3, -0.25) is 9.36 Å². The number of hydrogen-bond acceptors (Lipinski definition) is 5. The fourth-order valence-electron chi connectivity index (χ4n) is 2.94. The van der Waals surface area contributed by atoms with E-state index in [4.69, 9.17) is 27.9 Å². The molecule has 0 bridgehead atoms. The summed E-state index contributed by atoms with van der Waals surface area (Å²) in [7, 11) is 0. The third-order valence-corrected chi connectivity index (χ3v) is 5.99. The van der Waals surface area contributed by atoms with Crippen molar-refractivity contribution in [3.8, 4) is 5.75 Å². The average Bonchev–Trinajstić information content (AvgIpc) is 3.16. The van der Waals surface area contributed by atoms with Gasteiger partial charge in [0.15, 0.2) is 11.0 Å². The van der Waals surface area contributed by atoms with E-state index in [1.807, 2.05) is 16.7 Å². The van der Waals surface area contributed by atoms with Gasteiger partial charge in [-0.25, -0.2) is 0 Å². The van der Waals surface area contributed by atoms with Gasteiger partial charge < -0.3 is 10.1 Å². The van der Waals surface area contributed by atoms with Crippen molar-refractivity contribution in [1.82, 2.24) is 14.8 Å². The Balaban J connectivity index is 1.59. The van der Waals surface area contributed by atoms with Crippen molar-refractivity contribution in [3.05, 3.63) is 76.6 Å². The van der Waals surface area contributed by atoms with Crippen LogP contribution in [0, 0.1) is 0 Å². The first-order chi connectivity index (χ1) is 15.5. The van der Waals surface area contributed by atoms with E-state index in [0.29, 0.717) is 33.3 Å². The number of carbonyl (C=O) groups is 1. The molecule has 0 aliphatic heterocycles. The van der Waals surface area contributed by atoms with Gasteiger partial charge in [0, 0.05) is 11.6 Å². The maximum atomic E-state index is 12.4. The van der Waals surface area contributed by atoms with E-state index in [-0.39, 0.29) is 18.3 Å². The minimum Gasteiger partial charge on any atom is -0.486 e. The first kappa shape index (κ1) is 24.2. The Morgan fingerprint density at radius 2 is 2.00 bits per heavy atom. The van der Waals surface area contributed by atoms with Crippen LogP contribution in [0.5, 0.6) is 5.75 Å². The van der Waals surface area contributed by atoms with Crippen molar-refractivity contribution in [2.75, 3.05) is 11.1 Å². The zero-order valence-corrected chi connectivity index (χ0v) is 20.0. The highest BCUT2D eigenvalue weighted by atomic mass is 35.5. The fraction of sp³-hybridized carbons (Fsp3) is 0.261. The molecule has 0 fully saturated rings. The molecule has 2 aromatic carbocycles. The second-order valence-electron chi connectivity index (χ2n) is 6.94. The van der Waals surface area contributed by atoms with Gasteiger partial charge in [0.2, 0.25) is 5.91 Å². The standard InChI is InChI=1S/C23H24Cl2N4O2S/c1-3-5-16-6-9-18(10-7-16)31-14-21-27-28-23(29(21)12-4-2)32-15-22(30)26-20-11-8-17(24)13-19(20)25/h4,6-11,13H,2-3,5,12,14-15H2,1H3,(H,26,30). The van der Waals surface area contributed by atoms with E-state index in [9.17, 15) is 4.79 Å². The van der Waals surface area contributed by atoms with Crippen LogP contribution in [0.25, 0.3) is 0 Å². The fourth-order valence-corrected chi connectivity index (χ4v) is 4.16. The number of rotatable bonds is 11. The third kappa shape index (κ3) is 6.76. The summed E-state index contributed by atoms with van der Waals surface area (Å²) < 4.78 is 7.76. The molecule has 3 rings (SSSR count). The number of nitrogens with one attached hydrogen (secondary N) is 1. The molecule has 6 nitrogen and oxygen atoms in total. The number of allylic oxidation sites excluding steroid dienone is 1. The first-order valence-electron chi connectivity index (χ1n) is 10.1. The van der Waals surface area contributed by atoms with Gasteiger partial charge >= 0.3 is 0 Å². The van der Waals surface area contributed by atoms with Gasteiger partial charge in [0.25, 0.3) is 0 Å². The van der Waals surface area contributed by atoms with Crippen molar-refractivity contribution >= 4 is 46.6 Å². The topological polar surface area (TPSA) is 69.0 Å². The lowest BCUT2D eigenvalue weighted by Crippen LogP contribution is -2.15. The molecule has 168 valence electrons. The normalized spacial score (nSPS) is 10.7. The van der Waals surface area contributed by atoms with E-state index >= 15 is 0 Å². The monoisotopic (exact) mass is 490 g/mol. The second kappa shape index (κ2) is 11.9. The molecule has 0 saturated heterocycles. The summed E-state index contributed by atoms with van der Waals surface area (Å²) in [5, 5.41) is 12.7. The molecular formula is C23H24Cl2N4O2S. The number of nitrogens with zero attached hydrogens (tertiary/aromatic N) is 3. The Bertz CT molecular complexity index is 1070. The van der Waals surface area contributed by atoms with Gasteiger partial charge in [-0.15, -0.1) is 16.8 Å². The smallest absolute Gasteiger partial charge is 0.234 e. The van der Waals surface area contributed by atoms with Crippen LogP contribution < -0.4 is 10.1 Å². The molecule has 0 aliphatic carbocycles. The maximum Gasteiger partial charge on any atom is 0.234 e. The Labute approximate surface area is 202 Å². The van der Waals surface area contributed by atoms with E-state index in [0.717, 1.165) is 18.6 Å². The molecule has 0 atom stereocenters. The molecule has 0 unspecified atom stereocenters. The van der Waals surface area contributed by atoms with E-state index in [2.05, 4.69) is 41.1 Å². The molecule has 1 aromatic heterocycles. The van der Waals surface area contributed by atoms with Gasteiger partial charge in [-0.1, -0.05) is 66.5 Å². The summed E-state index contributed by atoms with van der Waals surface area (Å²) in [4.78, 5) is 12.4.